The lowest BCUT2D eigenvalue weighted by atomic mass is 10.4. The number of fused-ring (bicyclic) bond motifs is 1. The monoisotopic (exact) mass is 204 g/mol. The number of nitroso groups, excluding NO2 is 1. The summed E-state index contributed by atoms with van der Waals surface area (Å²) in [5.74, 6) is -0.274. The van der Waals surface area contributed by atoms with Gasteiger partial charge in [0.25, 0.3) is 0 Å². The lowest BCUT2D eigenvalue weighted by Gasteiger charge is -1.99. The molecule has 2 aromatic rings. The smallest absolute Gasteiger partial charge is 0.240 e. The molecule has 0 atom stereocenters. The Morgan fingerprint density at radius 1 is 1.53 bits per heavy atom. The van der Waals surface area contributed by atoms with Crippen molar-refractivity contribution < 1.29 is 0 Å². The molecule has 0 saturated carbocycles. The van der Waals surface area contributed by atoms with E-state index in [4.69, 9.17) is 11.1 Å². The Kier molecular flexibility index (Phi) is 1.93. The Balaban J connectivity index is 2.81. The summed E-state index contributed by atoms with van der Waals surface area (Å²) in [5.41, 5.74) is 6.59. The van der Waals surface area contributed by atoms with Crippen LogP contribution >= 0.6 is 0 Å². The highest BCUT2D eigenvalue weighted by Gasteiger charge is 2.10. The predicted molar refractivity (Wildman–Crippen MR) is 54.2 cm³/mol. The summed E-state index contributed by atoms with van der Waals surface area (Å²) < 4.78 is 1.58. The Bertz CT molecular complexity index is 558. The molecule has 76 valence electrons. The molecule has 0 aliphatic heterocycles. The van der Waals surface area contributed by atoms with E-state index < -0.39 is 0 Å². The van der Waals surface area contributed by atoms with Crippen LogP contribution in [0.4, 0.5) is 5.82 Å². The molecule has 3 N–H and O–H groups in total. The van der Waals surface area contributed by atoms with Gasteiger partial charge in [-0.2, -0.15) is 0 Å². The average molecular weight is 204 g/mol. The minimum Gasteiger partial charge on any atom is -0.382 e. The number of nitrogens with two attached hydrogens (primary N) is 1. The largest absolute Gasteiger partial charge is 0.382 e. The number of hydrogen-bond donors (Lipinski definition) is 2. The van der Waals surface area contributed by atoms with Crippen LogP contribution in [0.1, 0.15) is 11.4 Å². The molecule has 2 aromatic heterocycles. The summed E-state index contributed by atoms with van der Waals surface area (Å²) in [4.78, 5) is 18.4. The number of nitrogens with one attached hydrogen (secondary N) is 1. The SMILES string of the molecule is Cc1cn2cc(C(=N)N)nc(N=O)c2n1. The summed E-state index contributed by atoms with van der Waals surface area (Å²) >= 11 is 0. The van der Waals surface area contributed by atoms with E-state index in [1.54, 1.807) is 17.5 Å². The van der Waals surface area contributed by atoms with E-state index in [0.29, 0.717) is 5.65 Å². The maximum atomic E-state index is 10.5. The minimum absolute atomic E-state index is 0.0594. The maximum absolute atomic E-state index is 10.5. The number of nitrogens with zero attached hydrogens (tertiary/aromatic N) is 4. The first-order valence-corrected chi connectivity index (χ1v) is 4.16. The molecule has 0 spiro atoms. The van der Waals surface area contributed by atoms with Gasteiger partial charge in [-0.3, -0.25) is 5.41 Å². The number of aromatic nitrogens is 3. The Morgan fingerprint density at radius 2 is 2.27 bits per heavy atom. The van der Waals surface area contributed by atoms with Crippen molar-refractivity contribution in [3.8, 4) is 0 Å². The molecule has 0 aliphatic rings. The van der Waals surface area contributed by atoms with Crippen LogP contribution in [0.3, 0.4) is 0 Å². The Labute approximate surface area is 84.4 Å². The first-order chi connectivity index (χ1) is 7.11. The summed E-state index contributed by atoms with van der Waals surface area (Å²) in [6.45, 7) is 1.79. The van der Waals surface area contributed by atoms with Crippen molar-refractivity contribution in [2.75, 3.05) is 0 Å². The first-order valence-electron chi connectivity index (χ1n) is 4.16. The number of imidazole rings is 1. The number of aryl methyl sites for hydroxylation is 1. The molecular weight excluding hydrogens is 196 g/mol. The zero-order chi connectivity index (χ0) is 11.0. The molecule has 2 rings (SSSR count). The van der Waals surface area contributed by atoms with Crippen molar-refractivity contribution in [2.24, 2.45) is 10.9 Å². The van der Waals surface area contributed by atoms with E-state index in [0.717, 1.165) is 5.69 Å². The summed E-state index contributed by atoms with van der Waals surface area (Å²) in [5, 5.41) is 9.99. The van der Waals surface area contributed by atoms with Crippen LogP contribution in [0.5, 0.6) is 0 Å². The molecule has 7 nitrogen and oxygen atoms in total. The van der Waals surface area contributed by atoms with Crippen LogP contribution in [-0.2, 0) is 0 Å². The molecule has 0 bridgehead atoms. The maximum Gasteiger partial charge on any atom is 0.240 e. The molecule has 0 fully saturated rings. The second-order valence-corrected chi connectivity index (χ2v) is 3.07. The highest BCUT2D eigenvalue weighted by Crippen LogP contribution is 2.17. The normalized spacial score (nSPS) is 10.5. The quantitative estimate of drug-likeness (QED) is 0.426. The van der Waals surface area contributed by atoms with Crippen molar-refractivity contribution in [1.29, 1.82) is 5.41 Å². The molecule has 7 heteroatoms. The van der Waals surface area contributed by atoms with Gasteiger partial charge in [-0.25, -0.2) is 9.97 Å². The van der Waals surface area contributed by atoms with E-state index in [1.165, 1.54) is 6.20 Å². The van der Waals surface area contributed by atoms with Crippen molar-refractivity contribution >= 4 is 17.3 Å². The van der Waals surface area contributed by atoms with Gasteiger partial charge in [0.1, 0.15) is 11.5 Å². The van der Waals surface area contributed by atoms with Gasteiger partial charge < -0.3 is 10.1 Å². The molecule has 0 radical (unpaired) electrons. The van der Waals surface area contributed by atoms with Crippen LogP contribution in [0, 0.1) is 17.2 Å². The standard InChI is InChI=1S/C8H8N6O/c1-4-2-14-3-5(6(9)10)12-7(13-15)8(14)11-4/h2-3H,1H3,(H3,9,10). The lowest BCUT2D eigenvalue weighted by molar-refractivity contribution is 1.09. The highest BCUT2D eigenvalue weighted by molar-refractivity contribution is 5.93. The topological polar surface area (TPSA) is 109 Å². The van der Waals surface area contributed by atoms with Crippen LogP contribution < -0.4 is 5.73 Å². The van der Waals surface area contributed by atoms with Crippen molar-refractivity contribution in [3.63, 3.8) is 0 Å². The van der Waals surface area contributed by atoms with Crippen LogP contribution in [0.2, 0.25) is 0 Å². The average Bonchev–Trinajstić information content (AvgIpc) is 2.56. The van der Waals surface area contributed by atoms with E-state index in [1.807, 2.05) is 0 Å². The van der Waals surface area contributed by atoms with Crippen molar-refractivity contribution in [1.82, 2.24) is 14.4 Å². The molecule has 0 unspecified atom stereocenters. The summed E-state index contributed by atoms with van der Waals surface area (Å²) in [6.07, 6.45) is 3.24. The molecule has 15 heavy (non-hydrogen) atoms. The van der Waals surface area contributed by atoms with Gasteiger partial charge in [0.2, 0.25) is 5.82 Å². The summed E-state index contributed by atoms with van der Waals surface area (Å²) in [7, 11) is 0. The molecular formula is C8H8N6O. The second kappa shape index (κ2) is 3.12. The van der Waals surface area contributed by atoms with Gasteiger partial charge in [-0.15, -0.1) is 4.91 Å². The molecule has 0 aromatic carbocycles. The fourth-order valence-corrected chi connectivity index (χ4v) is 1.30. The van der Waals surface area contributed by atoms with Crippen LogP contribution in [-0.4, -0.2) is 20.2 Å². The van der Waals surface area contributed by atoms with E-state index in [2.05, 4.69) is 15.1 Å². The van der Waals surface area contributed by atoms with Gasteiger partial charge in [0, 0.05) is 12.4 Å². The van der Waals surface area contributed by atoms with Gasteiger partial charge in [-0.05, 0) is 12.1 Å². The third-order valence-corrected chi connectivity index (χ3v) is 1.90. The van der Waals surface area contributed by atoms with Crippen molar-refractivity contribution in [3.05, 3.63) is 28.7 Å². The third-order valence-electron chi connectivity index (χ3n) is 1.90. The van der Waals surface area contributed by atoms with Crippen LogP contribution in [0.15, 0.2) is 17.6 Å². The predicted octanol–water partition coefficient (Wildman–Crippen LogP) is 0.720. The van der Waals surface area contributed by atoms with Gasteiger partial charge in [0.15, 0.2) is 5.65 Å². The fraction of sp³-hybridized carbons (Fsp3) is 0.125. The number of hydrogen-bond acceptors (Lipinski definition) is 5. The zero-order valence-electron chi connectivity index (χ0n) is 7.93. The minimum atomic E-state index is -0.215. The van der Waals surface area contributed by atoms with Crippen molar-refractivity contribution in [2.45, 2.75) is 6.92 Å². The highest BCUT2D eigenvalue weighted by atomic mass is 16.3. The first kappa shape index (κ1) is 9.25. The van der Waals surface area contributed by atoms with E-state index >= 15 is 0 Å². The summed E-state index contributed by atoms with van der Waals surface area (Å²) in [6, 6.07) is 0. The fourth-order valence-electron chi connectivity index (χ4n) is 1.30. The van der Waals surface area contributed by atoms with E-state index in [-0.39, 0.29) is 17.3 Å². The van der Waals surface area contributed by atoms with Gasteiger partial charge >= 0.3 is 0 Å². The zero-order valence-corrected chi connectivity index (χ0v) is 7.93. The van der Waals surface area contributed by atoms with Gasteiger partial charge in [0.05, 0.1) is 5.69 Å². The number of nitrogen functional groups attached to an aromatic ring is 1. The third kappa shape index (κ3) is 1.43. The number of amidine groups is 1. The molecule has 0 saturated heterocycles. The number of rotatable bonds is 2. The van der Waals surface area contributed by atoms with E-state index in [9.17, 15) is 4.91 Å². The second-order valence-electron chi connectivity index (χ2n) is 3.07. The molecule has 2 heterocycles. The van der Waals surface area contributed by atoms with Crippen LogP contribution in [0.25, 0.3) is 5.65 Å². The Hall–Kier alpha value is -2.31. The molecule has 0 amide bonds. The lowest BCUT2D eigenvalue weighted by Crippen LogP contribution is -2.14. The van der Waals surface area contributed by atoms with Gasteiger partial charge in [-0.1, -0.05) is 0 Å². The Morgan fingerprint density at radius 3 is 2.87 bits per heavy atom. The molecule has 0 aliphatic carbocycles.